The summed E-state index contributed by atoms with van der Waals surface area (Å²) in [5.74, 6) is 0.921. The van der Waals surface area contributed by atoms with Crippen molar-refractivity contribution in [1.29, 1.82) is 0 Å². The summed E-state index contributed by atoms with van der Waals surface area (Å²) in [6.07, 6.45) is 5.88. The normalized spacial score (nSPS) is 17.4. The maximum absolute atomic E-state index is 5.77. The van der Waals surface area contributed by atoms with E-state index in [9.17, 15) is 0 Å². The Morgan fingerprint density at radius 1 is 1.12 bits per heavy atom. The number of nitrogens with zero attached hydrogens (tertiary/aromatic N) is 2. The summed E-state index contributed by atoms with van der Waals surface area (Å²) >= 11 is 0. The summed E-state index contributed by atoms with van der Waals surface area (Å²) in [6.45, 7) is 15.2. The molecule has 0 amide bonds. The molecule has 1 aliphatic heterocycles. The zero-order valence-electron chi connectivity index (χ0n) is 17.1. The fraction of sp³-hybridized carbons (Fsp3) is 0.947. The molecule has 1 rings (SSSR count). The van der Waals surface area contributed by atoms with Gasteiger partial charge in [0.05, 0.1) is 12.7 Å². The Labute approximate surface area is 177 Å². The van der Waals surface area contributed by atoms with E-state index < -0.39 is 0 Å². The minimum Gasteiger partial charge on any atom is -0.379 e. The molecule has 0 aromatic carbocycles. The zero-order valence-corrected chi connectivity index (χ0v) is 19.4. The van der Waals surface area contributed by atoms with E-state index in [1.807, 2.05) is 0 Å². The molecule has 6 nitrogen and oxygen atoms in total. The van der Waals surface area contributed by atoms with Gasteiger partial charge in [0.25, 0.3) is 0 Å². The van der Waals surface area contributed by atoms with E-state index in [1.165, 1.54) is 25.9 Å². The van der Waals surface area contributed by atoms with Crippen LogP contribution < -0.4 is 10.6 Å². The molecule has 2 N–H and O–H groups in total. The lowest BCUT2D eigenvalue weighted by molar-refractivity contribution is 0.0424. The van der Waals surface area contributed by atoms with Gasteiger partial charge in [-0.3, -0.25) is 4.99 Å². The van der Waals surface area contributed by atoms with Gasteiger partial charge in [-0.05, 0) is 58.7 Å². The van der Waals surface area contributed by atoms with Gasteiger partial charge in [0.1, 0.15) is 0 Å². The van der Waals surface area contributed by atoms with E-state index in [1.54, 1.807) is 0 Å². The summed E-state index contributed by atoms with van der Waals surface area (Å²) in [5, 5.41) is 6.76. The molecule has 0 bridgehead atoms. The highest BCUT2D eigenvalue weighted by Gasteiger charge is 2.15. The van der Waals surface area contributed by atoms with Gasteiger partial charge < -0.3 is 25.0 Å². The smallest absolute Gasteiger partial charge is 0.191 e. The van der Waals surface area contributed by atoms with Crippen molar-refractivity contribution in [2.24, 2.45) is 4.99 Å². The molecule has 1 aliphatic rings. The predicted molar refractivity (Wildman–Crippen MR) is 121 cm³/mol. The van der Waals surface area contributed by atoms with Crippen LogP contribution in [0.1, 0.15) is 52.9 Å². The molecule has 0 radical (unpaired) electrons. The molecule has 7 heteroatoms. The standard InChI is InChI=1S/C19H40N4O2.HI/c1-4-12-23(13-5-2)14-7-10-21-19(20-6-3)22-11-8-15-25-18-9-16-24-17-18;/h18H,4-17H2,1-3H3,(H2,20,21,22);1H. The molecule has 0 spiro atoms. The van der Waals surface area contributed by atoms with E-state index in [0.29, 0.717) is 6.10 Å². The first-order valence-corrected chi connectivity index (χ1v) is 10.2. The fourth-order valence-electron chi connectivity index (χ4n) is 2.97. The van der Waals surface area contributed by atoms with Crippen molar-refractivity contribution < 1.29 is 9.47 Å². The van der Waals surface area contributed by atoms with Crippen LogP contribution in [0, 0.1) is 0 Å². The maximum atomic E-state index is 5.77. The van der Waals surface area contributed by atoms with Gasteiger partial charge in [0.15, 0.2) is 5.96 Å². The Hall–Kier alpha value is -0.120. The molecule has 1 unspecified atom stereocenters. The molecule has 1 fully saturated rings. The second kappa shape index (κ2) is 18.3. The molecule has 0 aromatic rings. The monoisotopic (exact) mass is 484 g/mol. The van der Waals surface area contributed by atoms with Gasteiger partial charge in [0.2, 0.25) is 0 Å². The first-order valence-electron chi connectivity index (χ1n) is 10.2. The topological polar surface area (TPSA) is 58.1 Å². The predicted octanol–water partition coefficient (Wildman–Crippen LogP) is 2.87. The average Bonchev–Trinajstić information content (AvgIpc) is 3.12. The summed E-state index contributed by atoms with van der Waals surface area (Å²) in [4.78, 5) is 7.19. The third-order valence-corrected chi connectivity index (χ3v) is 4.18. The van der Waals surface area contributed by atoms with Gasteiger partial charge in [-0.2, -0.15) is 0 Å². The molecule has 0 aliphatic carbocycles. The zero-order chi connectivity index (χ0) is 18.2. The van der Waals surface area contributed by atoms with Crippen LogP contribution >= 0.6 is 24.0 Å². The fourth-order valence-corrected chi connectivity index (χ4v) is 2.97. The van der Waals surface area contributed by atoms with Crippen molar-refractivity contribution in [2.75, 3.05) is 59.1 Å². The van der Waals surface area contributed by atoms with Gasteiger partial charge in [-0.1, -0.05) is 13.8 Å². The molecule has 156 valence electrons. The van der Waals surface area contributed by atoms with Crippen LogP contribution in [0.25, 0.3) is 0 Å². The quantitative estimate of drug-likeness (QED) is 0.172. The largest absolute Gasteiger partial charge is 0.379 e. The van der Waals surface area contributed by atoms with Crippen LogP contribution in [0.5, 0.6) is 0 Å². The van der Waals surface area contributed by atoms with E-state index >= 15 is 0 Å². The van der Waals surface area contributed by atoms with E-state index in [2.05, 4.69) is 41.3 Å². The minimum atomic E-state index is 0. The molecule has 1 saturated heterocycles. The minimum absolute atomic E-state index is 0. The molecule has 1 heterocycles. The van der Waals surface area contributed by atoms with Crippen molar-refractivity contribution in [3.05, 3.63) is 0 Å². The van der Waals surface area contributed by atoms with Gasteiger partial charge >= 0.3 is 0 Å². The second-order valence-electron chi connectivity index (χ2n) is 6.59. The Bertz CT molecular complexity index is 334. The third kappa shape index (κ3) is 13.1. The number of hydrogen-bond donors (Lipinski definition) is 2. The molecule has 26 heavy (non-hydrogen) atoms. The average molecular weight is 484 g/mol. The maximum Gasteiger partial charge on any atom is 0.191 e. The first-order chi connectivity index (χ1) is 12.3. The van der Waals surface area contributed by atoms with Gasteiger partial charge in [-0.25, -0.2) is 0 Å². The number of nitrogens with one attached hydrogen (secondary N) is 2. The molecule has 1 atom stereocenters. The van der Waals surface area contributed by atoms with E-state index in [0.717, 1.165) is 71.2 Å². The van der Waals surface area contributed by atoms with Crippen molar-refractivity contribution in [1.82, 2.24) is 15.5 Å². The van der Waals surface area contributed by atoms with Crippen LogP contribution in [0.2, 0.25) is 0 Å². The van der Waals surface area contributed by atoms with E-state index in [-0.39, 0.29) is 24.0 Å². The number of guanidine groups is 1. The third-order valence-electron chi connectivity index (χ3n) is 4.18. The summed E-state index contributed by atoms with van der Waals surface area (Å²) < 4.78 is 11.1. The van der Waals surface area contributed by atoms with Crippen LogP contribution in [-0.2, 0) is 9.47 Å². The lowest BCUT2D eigenvalue weighted by atomic mass is 10.3. The SMILES string of the molecule is CCCN(CCC)CCCNC(=NCCCOC1CCOC1)NCC.I. The number of halogens is 1. The highest BCUT2D eigenvalue weighted by atomic mass is 127. The molecule has 0 saturated carbocycles. The summed E-state index contributed by atoms with van der Waals surface area (Å²) in [7, 11) is 0. The highest BCUT2D eigenvalue weighted by Crippen LogP contribution is 2.08. The highest BCUT2D eigenvalue weighted by molar-refractivity contribution is 14.0. The van der Waals surface area contributed by atoms with Crippen molar-refractivity contribution in [3.63, 3.8) is 0 Å². The van der Waals surface area contributed by atoms with Gasteiger partial charge in [-0.15, -0.1) is 24.0 Å². The number of hydrogen-bond acceptors (Lipinski definition) is 4. The Kier molecular flexibility index (Phi) is 18.2. The van der Waals surface area contributed by atoms with Crippen molar-refractivity contribution >= 4 is 29.9 Å². The van der Waals surface area contributed by atoms with Crippen molar-refractivity contribution in [2.45, 2.75) is 59.0 Å². The van der Waals surface area contributed by atoms with Crippen LogP contribution in [-0.4, -0.2) is 76.1 Å². The number of rotatable bonds is 14. The van der Waals surface area contributed by atoms with Gasteiger partial charge in [0, 0.05) is 32.8 Å². The van der Waals surface area contributed by atoms with Crippen LogP contribution in [0.15, 0.2) is 4.99 Å². The number of ether oxygens (including phenoxy) is 2. The molecule has 0 aromatic heterocycles. The Morgan fingerprint density at radius 3 is 2.50 bits per heavy atom. The lowest BCUT2D eigenvalue weighted by Gasteiger charge is -2.21. The Morgan fingerprint density at radius 2 is 1.88 bits per heavy atom. The molecular formula is C19H41IN4O2. The first kappa shape index (κ1) is 25.9. The van der Waals surface area contributed by atoms with Crippen LogP contribution in [0.4, 0.5) is 0 Å². The lowest BCUT2D eigenvalue weighted by Crippen LogP contribution is -2.39. The van der Waals surface area contributed by atoms with E-state index in [4.69, 9.17) is 9.47 Å². The number of aliphatic imine (C=N–C) groups is 1. The molecular weight excluding hydrogens is 443 g/mol. The second-order valence-corrected chi connectivity index (χ2v) is 6.59. The van der Waals surface area contributed by atoms with Crippen molar-refractivity contribution in [3.8, 4) is 0 Å². The van der Waals surface area contributed by atoms with Crippen LogP contribution in [0.3, 0.4) is 0 Å². The summed E-state index contributed by atoms with van der Waals surface area (Å²) in [5.41, 5.74) is 0. The summed E-state index contributed by atoms with van der Waals surface area (Å²) in [6, 6.07) is 0. The Balaban J connectivity index is 0.00000625.